The van der Waals surface area contributed by atoms with Crippen LogP contribution in [0.2, 0.25) is 0 Å². The van der Waals surface area contributed by atoms with Crippen LogP contribution >= 0.6 is 11.3 Å². The van der Waals surface area contributed by atoms with Gasteiger partial charge in [0.25, 0.3) is 5.91 Å². The third-order valence-electron chi connectivity index (χ3n) is 5.32. The predicted molar refractivity (Wildman–Crippen MR) is 142 cm³/mol. The fourth-order valence-electron chi connectivity index (χ4n) is 3.48. The minimum Gasteiger partial charge on any atom is -0.493 e. The van der Waals surface area contributed by atoms with Gasteiger partial charge in [-0.3, -0.25) is 9.59 Å². The van der Waals surface area contributed by atoms with E-state index in [1.165, 1.54) is 4.88 Å². The highest BCUT2D eigenvalue weighted by Crippen LogP contribution is 2.29. The van der Waals surface area contributed by atoms with Gasteiger partial charge in [0.1, 0.15) is 10.8 Å². The summed E-state index contributed by atoms with van der Waals surface area (Å²) in [4.78, 5) is 33.3. The molecule has 3 rings (SSSR count). The lowest BCUT2D eigenvalue weighted by Crippen LogP contribution is -2.27. The third-order valence-corrected chi connectivity index (χ3v) is 6.35. The summed E-state index contributed by atoms with van der Waals surface area (Å²) in [7, 11) is 4.07. The van der Waals surface area contributed by atoms with E-state index in [2.05, 4.69) is 26.6 Å². The summed E-state index contributed by atoms with van der Waals surface area (Å²) in [6.07, 6.45) is 1.91. The van der Waals surface area contributed by atoms with Crippen molar-refractivity contribution in [2.45, 2.75) is 40.3 Å². The second kappa shape index (κ2) is 12.0. The van der Waals surface area contributed by atoms with Crippen LogP contribution in [0, 0.1) is 5.92 Å². The molecule has 0 saturated heterocycles. The van der Waals surface area contributed by atoms with Crippen LogP contribution in [0.3, 0.4) is 0 Å². The summed E-state index contributed by atoms with van der Waals surface area (Å²) < 4.78 is 5.68. The molecule has 0 aliphatic heterocycles. The molecule has 2 N–H and O–H groups in total. The Bertz CT molecular complexity index is 1170. The standard InChI is InChI=1S/C27H34N4O3S/c1-7-34-24-12-11-21(30-25(32)17(2)3)14-23(24)26(33)29-18(4)19-9-8-10-20(13-19)27-28-15-22(35-27)16-31(5)6/h8-15,17-18H,7,16H2,1-6H3,(H,29,33)(H,30,32). The number of anilines is 1. The number of nitrogens with one attached hydrogen (secondary N) is 2. The van der Waals surface area contributed by atoms with E-state index in [0.29, 0.717) is 23.6 Å². The van der Waals surface area contributed by atoms with Crippen molar-refractivity contribution in [2.24, 2.45) is 5.92 Å². The summed E-state index contributed by atoms with van der Waals surface area (Å²) in [6.45, 7) is 8.74. The van der Waals surface area contributed by atoms with Crippen molar-refractivity contribution in [1.82, 2.24) is 15.2 Å². The maximum atomic E-state index is 13.2. The van der Waals surface area contributed by atoms with Crippen molar-refractivity contribution in [3.8, 4) is 16.3 Å². The molecule has 35 heavy (non-hydrogen) atoms. The van der Waals surface area contributed by atoms with Crippen molar-refractivity contribution in [1.29, 1.82) is 0 Å². The summed E-state index contributed by atoms with van der Waals surface area (Å²) >= 11 is 1.67. The Labute approximate surface area is 211 Å². The van der Waals surface area contributed by atoms with Crippen LogP contribution in [0.5, 0.6) is 5.75 Å². The zero-order valence-electron chi connectivity index (χ0n) is 21.2. The number of amides is 2. The topological polar surface area (TPSA) is 83.6 Å². The number of thiazole rings is 1. The fraction of sp³-hybridized carbons (Fsp3) is 0.370. The molecule has 0 radical (unpaired) electrons. The molecule has 1 heterocycles. The molecular weight excluding hydrogens is 460 g/mol. The smallest absolute Gasteiger partial charge is 0.255 e. The Morgan fingerprint density at radius 2 is 1.89 bits per heavy atom. The van der Waals surface area contributed by atoms with Gasteiger partial charge in [-0.2, -0.15) is 0 Å². The average molecular weight is 495 g/mol. The average Bonchev–Trinajstić information content (AvgIpc) is 3.28. The molecule has 2 amide bonds. The third kappa shape index (κ3) is 7.13. The van der Waals surface area contributed by atoms with Crippen LogP contribution < -0.4 is 15.4 Å². The molecule has 0 aliphatic carbocycles. The molecule has 2 aromatic carbocycles. The second-order valence-corrected chi connectivity index (χ2v) is 10.1. The number of nitrogens with zero attached hydrogens (tertiary/aromatic N) is 2. The van der Waals surface area contributed by atoms with Gasteiger partial charge in [-0.1, -0.05) is 32.0 Å². The van der Waals surface area contributed by atoms with Gasteiger partial charge in [0.2, 0.25) is 5.91 Å². The van der Waals surface area contributed by atoms with E-state index in [9.17, 15) is 9.59 Å². The van der Waals surface area contributed by atoms with E-state index in [1.807, 2.05) is 66.2 Å². The van der Waals surface area contributed by atoms with E-state index >= 15 is 0 Å². The molecule has 1 aromatic heterocycles. The van der Waals surface area contributed by atoms with Gasteiger partial charge in [0.15, 0.2) is 0 Å². The first kappa shape index (κ1) is 26.4. The lowest BCUT2D eigenvalue weighted by molar-refractivity contribution is -0.118. The van der Waals surface area contributed by atoms with Crippen molar-refractivity contribution in [3.63, 3.8) is 0 Å². The molecule has 0 spiro atoms. The van der Waals surface area contributed by atoms with Gasteiger partial charge in [-0.15, -0.1) is 11.3 Å². The molecule has 8 heteroatoms. The first-order valence-electron chi connectivity index (χ1n) is 11.8. The molecule has 0 aliphatic rings. The van der Waals surface area contributed by atoms with E-state index in [-0.39, 0.29) is 23.8 Å². The second-order valence-electron chi connectivity index (χ2n) is 8.98. The van der Waals surface area contributed by atoms with Gasteiger partial charge < -0.3 is 20.3 Å². The van der Waals surface area contributed by atoms with E-state index < -0.39 is 0 Å². The summed E-state index contributed by atoms with van der Waals surface area (Å²) in [5.74, 6) is -0.0659. The van der Waals surface area contributed by atoms with Crippen LogP contribution in [-0.4, -0.2) is 42.4 Å². The Morgan fingerprint density at radius 3 is 2.57 bits per heavy atom. The number of carbonyl (C=O) groups excluding carboxylic acids is 2. The summed E-state index contributed by atoms with van der Waals surface area (Å²) in [6, 6.07) is 12.9. The van der Waals surface area contributed by atoms with Gasteiger partial charge in [0, 0.05) is 34.8 Å². The van der Waals surface area contributed by atoms with E-state index in [4.69, 9.17) is 4.74 Å². The largest absolute Gasteiger partial charge is 0.493 e. The van der Waals surface area contributed by atoms with Crippen LogP contribution in [-0.2, 0) is 11.3 Å². The SMILES string of the molecule is CCOc1ccc(NC(=O)C(C)C)cc1C(=O)NC(C)c1cccc(-c2ncc(CN(C)C)s2)c1. The van der Waals surface area contributed by atoms with Crippen LogP contribution in [0.1, 0.15) is 54.5 Å². The molecule has 1 unspecified atom stereocenters. The summed E-state index contributed by atoms with van der Waals surface area (Å²) in [5.41, 5.74) is 2.93. The lowest BCUT2D eigenvalue weighted by atomic mass is 10.0. The van der Waals surface area contributed by atoms with Crippen LogP contribution in [0.25, 0.3) is 10.6 Å². The quantitative estimate of drug-likeness (QED) is 0.397. The Morgan fingerprint density at radius 1 is 1.11 bits per heavy atom. The Balaban J connectivity index is 1.79. The summed E-state index contributed by atoms with van der Waals surface area (Å²) in [5, 5.41) is 6.87. The normalized spacial score (nSPS) is 12.0. The van der Waals surface area contributed by atoms with Gasteiger partial charge in [0.05, 0.1) is 18.2 Å². The molecule has 186 valence electrons. The minimum absolute atomic E-state index is 0.110. The fourth-order valence-corrected chi connectivity index (χ4v) is 4.50. The van der Waals surface area contributed by atoms with Crippen molar-refractivity contribution in [3.05, 3.63) is 64.7 Å². The number of ether oxygens (including phenoxy) is 1. The van der Waals surface area contributed by atoms with Crippen molar-refractivity contribution in [2.75, 3.05) is 26.0 Å². The molecule has 7 nitrogen and oxygen atoms in total. The number of aromatic nitrogens is 1. The highest BCUT2D eigenvalue weighted by atomic mass is 32.1. The van der Waals surface area contributed by atoms with E-state index in [0.717, 1.165) is 22.7 Å². The van der Waals surface area contributed by atoms with Gasteiger partial charge in [-0.25, -0.2) is 4.98 Å². The number of hydrogen-bond donors (Lipinski definition) is 2. The molecule has 0 saturated carbocycles. The number of hydrogen-bond acceptors (Lipinski definition) is 6. The minimum atomic E-state index is -0.269. The first-order valence-corrected chi connectivity index (χ1v) is 12.6. The first-order chi connectivity index (χ1) is 16.7. The molecule has 0 bridgehead atoms. The van der Waals surface area contributed by atoms with Gasteiger partial charge in [-0.05, 0) is 57.8 Å². The molecule has 3 aromatic rings. The van der Waals surface area contributed by atoms with Crippen LogP contribution in [0.15, 0.2) is 48.7 Å². The van der Waals surface area contributed by atoms with Gasteiger partial charge >= 0.3 is 0 Å². The maximum Gasteiger partial charge on any atom is 0.255 e. The highest BCUT2D eigenvalue weighted by molar-refractivity contribution is 7.15. The van der Waals surface area contributed by atoms with Crippen molar-refractivity contribution < 1.29 is 14.3 Å². The molecule has 1 atom stereocenters. The Kier molecular flexibility index (Phi) is 9.01. The lowest BCUT2D eigenvalue weighted by Gasteiger charge is -2.18. The number of benzene rings is 2. The van der Waals surface area contributed by atoms with Crippen molar-refractivity contribution >= 4 is 28.8 Å². The number of rotatable bonds is 10. The zero-order chi connectivity index (χ0) is 25.5. The highest BCUT2D eigenvalue weighted by Gasteiger charge is 2.18. The van der Waals surface area contributed by atoms with Crippen LogP contribution in [0.4, 0.5) is 5.69 Å². The molecule has 0 fully saturated rings. The maximum absolute atomic E-state index is 13.2. The monoisotopic (exact) mass is 494 g/mol. The molecular formula is C27H34N4O3S. The zero-order valence-corrected chi connectivity index (χ0v) is 22.0. The predicted octanol–water partition coefficient (Wildman–Crippen LogP) is 5.36. The Hall–Kier alpha value is -3.23. The number of carbonyl (C=O) groups is 2. The van der Waals surface area contributed by atoms with E-state index in [1.54, 1.807) is 29.5 Å².